The lowest BCUT2D eigenvalue weighted by Crippen LogP contribution is -2.35. The molecule has 2 N–H and O–H groups in total. The Labute approximate surface area is 99.4 Å². The molecule has 0 heterocycles. The molecular weight excluding hydrogens is 200 g/mol. The monoisotopic (exact) mass is 226 g/mol. The lowest BCUT2D eigenvalue weighted by Gasteiger charge is -2.08. The van der Waals surface area contributed by atoms with E-state index >= 15 is 0 Å². The molecule has 16 heavy (non-hydrogen) atoms. The highest BCUT2D eigenvalue weighted by atomic mass is 16.1. The van der Waals surface area contributed by atoms with E-state index in [1.54, 1.807) is 0 Å². The summed E-state index contributed by atoms with van der Waals surface area (Å²) in [5.41, 5.74) is 0.501. The topological polar surface area (TPSA) is 41.1 Å². The fraction of sp³-hybridized carbons (Fsp3) is 0.923. The summed E-state index contributed by atoms with van der Waals surface area (Å²) in [6, 6.07) is 0. The van der Waals surface area contributed by atoms with Crippen LogP contribution in [0.5, 0.6) is 0 Å². The average molecular weight is 226 g/mol. The van der Waals surface area contributed by atoms with Crippen LogP contribution < -0.4 is 10.6 Å². The van der Waals surface area contributed by atoms with Crippen molar-refractivity contribution in [2.75, 3.05) is 19.6 Å². The van der Waals surface area contributed by atoms with Crippen LogP contribution >= 0.6 is 0 Å². The number of rotatable bonds is 7. The normalized spacial score (nSPS) is 22.2. The van der Waals surface area contributed by atoms with E-state index in [1.165, 1.54) is 6.42 Å². The van der Waals surface area contributed by atoms with E-state index in [9.17, 15) is 4.79 Å². The van der Waals surface area contributed by atoms with Crippen LogP contribution in [0.15, 0.2) is 0 Å². The summed E-state index contributed by atoms with van der Waals surface area (Å²) < 4.78 is 0. The first-order valence-corrected chi connectivity index (χ1v) is 6.39. The molecule has 1 unspecified atom stereocenters. The highest BCUT2D eigenvalue weighted by Gasteiger charge is 2.44. The van der Waals surface area contributed by atoms with Gasteiger partial charge in [-0.05, 0) is 36.6 Å². The maximum absolute atomic E-state index is 11.4. The quantitative estimate of drug-likeness (QED) is 0.695. The van der Waals surface area contributed by atoms with Gasteiger partial charge in [0, 0.05) is 6.54 Å². The van der Waals surface area contributed by atoms with Crippen molar-refractivity contribution < 1.29 is 4.79 Å². The summed E-state index contributed by atoms with van der Waals surface area (Å²) in [6.07, 6.45) is 2.34. The number of carbonyl (C=O) groups excluding carboxylic acids is 1. The van der Waals surface area contributed by atoms with Crippen molar-refractivity contribution in [2.24, 2.45) is 17.3 Å². The molecule has 0 bridgehead atoms. The number of amides is 1. The third-order valence-corrected chi connectivity index (χ3v) is 3.44. The maximum atomic E-state index is 11.4. The van der Waals surface area contributed by atoms with Crippen molar-refractivity contribution in [1.29, 1.82) is 0 Å². The molecule has 0 aliphatic heterocycles. The summed E-state index contributed by atoms with van der Waals surface area (Å²) in [7, 11) is 0. The molecule has 1 aliphatic rings. The van der Waals surface area contributed by atoms with E-state index in [1.807, 2.05) is 0 Å². The van der Waals surface area contributed by atoms with Gasteiger partial charge < -0.3 is 10.6 Å². The molecule has 0 aromatic heterocycles. The van der Waals surface area contributed by atoms with Crippen LogP contribution in [0, 0.1) is 17.3 Å². The van der Waals surface area contributed by atoms with Gasteiger partial charge in [-0.2, -0.15) is 0 Å². The molecule has 1 fully saturated rings. The second-order valence-corrected chi connectivity index (χ2v) is 6.05. The molecule has 3 nitrogen and oxygen atoms in total. The molecule has 0 spiro atoms. The van der Waals surface area contributed by atoms with Crippen LogP contribution in [0.25, 0.3) is 0 Å². The molecule has 1 atom stereocenters. The zero-order valence-electron chi connectivity index (χ0n) is 11.1. The van der Waals surface area contributed by atoms with Gasteiger partial charge in [-0.25, -0.2) is 0 Å². The fourth-order valence-corrected chi connectivity index (χ4v) is 1.85. The third-order valence-electron chi connectivity index (χ3n) is 3.44. The second kappa shape index (κ2) is 5.67. The largest absolute Gasteiger partial charge is 0.355 e. The van der Waals surface area contributed by atoms with E-state index in [4.69, 9.17) is 0 Å². The Balaban J connectivity index is 1.95. The average Bonchev–Trinajstić information content (AvgIpc) is 2.73. The minimum atomic E-state index is 0.124. The first-order valence-electron chi connectivity index (χ1n) is 6.39. The summed E-state index contributed by atoms with van der Waals surface area (Å²) in [4.78, 5) is 11.4. The van der Waals surface area contributed by atoms with Crippen molar-refractivity contribution >= 4 is 5.91 Å². The van der Waals surface area contributed by atoms with E-state index < -0.39 is 0 Å². The van der Waals surface area contributed by atoms with Crippen LogP contribution in [0.1, 0.15) is 40.5 Å². The first-order chi connectivity index (χ1) is 7.42. The highest BCUT2D eigenvalue weighted by Crippen LogP contribution is 2.50. The Morgan fingerprint density at radius 2 is 2.06 bits per heavy atom. The zero-order valence-corrected chi connectivity index (χ0v) is 11.1. The van der Waals surface area contributed by atoms with Crippen molar-refractivity contribution in [3.05, 3.63) is 0 Å². The molecule has 3 heteroatoms. The third kappa shape index (κ3) is 4.97. The van der Waals surface area contributed by atoms with Crippen molar-refractivity contribution in [1.82, 2.24) is 10.6 Å². The predicted octanol–water partition coefficient (Wildman–Crippen LogP) is 1.78. The minimum Gasteiger partial charge on any atom is -0.355 e. The predicted molar refractivity (Wildman–Crippen MR) is 67.2 cm³/mol. The summed E-state index contributed by atoms with van der Waals surface area (Å²) >= 11 is 0. The van der Waals surface area contributed by atoms with Gasteiger partial charge in [0.15, 0.2) is 0 Å². The lowest BCUT2D eigenvalue weighted by atomic mass is 10.1. The van der Waals surface area contributed by atoms with Gasteiger partial charge in [-0.3, -0.25) is 4.79 Å². The van der Waals surface area contributed by atoms with E-state index in [0.717, 1.165) is 25.4 Å². The number of hydrogen-bond donors (Lipinski definition) is 2. The second-order valence-electron chi connectivity index (χ2n) is 6.05. The van der Waals surface area contributed by atoms with Gasteiger partial charge in [0.25, 0.3) is 0 Å². The first kappa shape index (κ1) is 13.5. The van der Waals surface area contributed by atoms with Crippen molar-refractivity contribution in [3.63, 3.8) is 0 Å². The van der Waals surface area contributed by atoms with E-state index in [2.05, 4.69) is 38.3 Å². The van der Waals surface area contributed by atoms with Crippen LogP contribution in [-0.4, -0.2) is 25.5 Å². The smallest absolute Gasteiger partial charge is 0.233 e. The van der Waals surface area contributed by atoms with Crippen LogP contribution in [-0.2, 0) is 4.79 Å². The molecule has 0 radical (unpaired) electrons. The van der Waals surface area contributed by atoms with Gasteiger partial charge in [0.05, 0.1) is 6.54 Å². The van der Waals surface area contributed by atoms with Crippen LogP contribution in [0.3, 0.4) is 0 Å². The molecular formula is C13H26N2O. The summed E-state index contributed by atoms with van der Waals surface area (Å²) in [5.74, 6) is 1.54. The summed E-state index contributed by atoms with van der Waals surface area (Å²) in [6.45, 7) is 11.1. The van der Waals surface area contributed by atoms with E-state index in [0.29, 0.717) is 17.9 Å². The number of carbonyl (C=O) groups is 1. The molecule has 1 rings (SSSR count). The Morgan fingerprint density at radius 1 is 1.44 bits per heavy atom. The van der Waals surface area contributed by atoms with Gasteiger partial charge in [0.2, 0.25) is 5.91 Å². The highest BCUT2D eigenvalue weighted by molar-refractivity contribution is 5.77. The standard InChI is InChI=1S/C13H26N2O/c1-10(2)5-6-15-12(16)9-14-8-11-7-13(11,3)4/h10-11,14H,5-9H2,1-4H3,(H,15,16). The Kier molecular flexibility index (Phi) is 4.78. The number of nitrogens with one attached hydrogen (secondary N) is 2. The molecule has 1 aliphatic carbocycles. The SMILES string of the molecule is CC(C)CCNC(=O)CNCC1CC1(C)C. The number of hydrogen-bond acceptors (Lipinski definition) is 2. The van der Waals surface area contributed by atoms with Gasteiger partial charge in [-0.15, -0.1) is 0 Å². The molecule has 0 saturated heterocycles. The summed E-state index contributed by atoms with van der Waals surface area (Å²) in [5, 5.41) is 6.16. The molecule has 0 aromatic rings. The molecule has 0 aromatic carbocycles. The minimum absolute atomic E-state index is 0.124. The Bertz CT molecular complexity index is 236. The van der Waals surface area contributed by atoms with Crippen molar-refractivity contribution in [3.8, 4) is 0 Å². The van der Waals surface area contributed by atoms with Crippen LogP contribution in [0.4, 0.5) is 0 Å². The Morgan fingerprint density at radius 3 is 2.56 bits per heavy atom. The van der Waals surface area contributed by atoms with Gasteiger partial charge in [0.1, 0.15) is 0 Å². The Hall–Kier alpha value is -0.570. The molecule has 94 valence electrons. The molecule has 1 saturated carbocycles. The maximum Gasteiger partial charge on any atom is 0.233 e. The fourth-order valence-electron chi connectivity index (χ4n) is 1.85. The van der Waals surface area contributed by atoms with Crippen molar-refractivity contribution in [2.45, 2.75) is 40.5 Å². The van der Waals surface area contributed by atoms with Gasteiger partial charge in [-0.1, -0.05) is 27.7 Å². The van der Waals surface area contributed by atoms with Crippen LogP contribution in [0.2, 0.25) is 0 Å². The lowest BCUT2D eigenvalue weighted by molar-refractivity contribution is -0.120. The zero-order chi connectivity index (χ0) is 12.2. The van der Waals surface area contributed by atoms with Gasteiger partial charge >= 0.3 is 0 Å². The molecule has 1 amide bonds. The van der Waals surface area contributed by atoms with E-state index in [-0.39, 0.29) is 5.91 Å².